The summed E-state index contributed by atoms with van der Waals surface area (Å²) < 4.78 is 3.56. The molecule has 2 fully saturated rings. The second-order valence-electron chi connectivity index (χ2n) is 10.7. The number of halogens is 3. The summed E-state index contributed by atoms with van der Waals surface area (Å²) in [6.07, 6.45) is 10.9. The Kier molecular flexibility index (Phi) is 8.47. The van der Waals surface area contributed by atoms with Gasteiger partial charge in [-0.05, 0) is 112 Å². The number of rotatable bonds is 3. The molecule has 0 aromatic heterocycles. The van der Waals surface area contributed by atoms with Crippen LogP contribution in [0.1, 0.15) is 55.6 Å². The summed E-state index contributed by atoms with van der Waals surface area (Å²) in [4.78, 5) is 33.4. The number of hydrogen-bond acceptors (Lipinski definition) is 3. The molecule has 0 bridgehead atoms. The largest absolute Gasteiger partial charge is 0.351 e. The van der Waals surface area contributed by atoms with E-state index in [1.165, 1.54) is 19.2 Å². The van der Waals surface area contributed by atoms with E-state index in [1.54, 1.807) is 4.90 Å². The fourth-order valence-corrected chi connectivity index (χ4v) is 9.03. The highest BCUT2D eigenvalue weighted by atomic mass is 127. The van der Waals surface area contributed by atoms with E-state index in [-0.39, 0.29) is 18.0 Å². The highest BCUT2D eigenvalue weighted by Gasteiger charge is 2.41. The van der Waals surface area contributed by atoms with Crippen molar-refractivity contribution in [3.8, 4) is 0 Å². The Balaban J connectivity index is 1.28. The molecule has 2 saturated heterocycles. The molecule has 1 aromatic rings. The minimum absolute atomic E-state index is 0.242. The maximum atomic E-state index is 13.1. The quantitative estimate of drug-likeness (QED) is 0.396. The third-order valence-corrected chi connectivity index (χ3v) is 10.3. The van der Waals surface area contributed by atoms with Crippen LogP contribution in [0.5, 0.6) is 0 Å². The van der Waals surface area contributed by atoms with E-state index in [2.05, 4.69) is 77.6 Å². The van der Waals surface area contributed by atoms with E-state index in [9.17, 15) is 9.59 Å². The molecule has 3 atom stereocenters. The number of nitrogens with two attached hydrogens (primary N) is 1. The van der Waals surface area contributed by atoms with Crippen molar-refractivity contribution in [2.24, 2.45) is 28.5 Å². The van der Waals surface area contributed by atoms with Crippen LogP contribution in [0.3, 0.4) is 0 Å². The van der Waals surface area contributed by atoms with Gasteiger partial charge in [0.2, 0.25) is 5.91 Å². The first-order chi connectivity index (χ1) is 17.3. The first-order valence-electron chi connectivity index (χ1n) is 13.0. The number of nitrogens with zero attached hydrogens (tertiary/aromatic N) is 3. The van der Waals surface area contributed by atoms with Gasteiger partial charge in [0.25, 0.3) is 0 Å². The Bertz CT molecular complexity index is 1080. The number of dihydropyridines is 1. The summed E-state index contributed by atoms with van der Waals surface area (Å²) in [6.45, 7) is 2.96. The van der Waals surface area contributed by atoms with Crippen molar-refractivity contribution < 1.29 is 9.59 Å². The predicted octanol–water partition coefficient (Wildman–Crippen LogP) is 5.85. The summed E-state index contributed by atoms with van der Waals surface area (Å²) >= 11 is 10.0. The molecule has 6 nitrogen and oxygen atoms in total. The number of carbonyl (C=O) groups excluding carboxylic acids is 2. The minimum Gasteiger partial charge on any atom is -0.351 e. The number of benzene rings is 1. The van der Waals surface area contributed by atoms with Crippen molar-refractivity contribution in [3.05, 3.63) is 41.9 Å². The van der Waals surface area contributed by atoms with E-state index >= 15 is 0 Å². The lowest BCUT2D eigenvalue weighted by atomic mass is 9.72. The van der Waals surface area contributed by atoms with Crippen molar-refractivity contribution in [2.45, 2.75) is 56.9 Å². The standard InChI is InChI=1S/C27H33Br2IN4O2/c28-20-12-19-2-1-18-13-21(30)14-22(29)24(18)25(26(19)32-15-20)17-5-9-33(10-6-17)23(35)11-16-3-7-34(8-4-16)27(31)36/h12-17,19,25-26H,1-11H2,(H2,31,36)/t19?,25-,26?/m1/s1. The molecule has 0 spiro atoms. The molecular formula is C27H33Br2IN4O2. The van der Waals surface area contributed by atoms with Crippen molar-refractivity contribution >= 4 is 72.6 Å². The zero-order chi connectivity index (χ0) is 25.4. The van der Waals surface area contributed by atoms with Crippen LogP contribution >= 0.6 is 54.5 Å². The van der Waals surface area contributed by atoms with Crippen LogP contribution in [0.25, 0.3) is 0 Å². The SMILES string of the molecule is NC(=O)N1CCC(CC(=O)N2CCC([C@@H]3c4c(Br)cc(I)cc4CCC4C=C(Br)C=NC43)CC2)CC1. The number of allylic oxidation sites excluding steroid dienone is 1. The fourth-order valence-electron chi connectivity index (χ4n) is 6.69. The summed E-state index contributed by atoms with van der Waals surface area (Å²) in [7, 11) is 0. The lowest BCUT2D eigenvalue weighted by Gasteiger charge is -2.41. The lowest BCUT2D eigenvalue weighted by molar-refractivity contribution is -0.134. The number of likely N-dealkylation sites (tertiary alicyclic amines) is 2. The fraction of sp³-hybridized carbons (Fsp3) is 0.593. The topological polar surface area (TPSA) is 79.0 Å². The normalized spacial score (nSPS) is 27.2. The highest BCUT2D eigenvalue weighted by Crippen LogP contribution is 2.48. The minimum atomic E-state index is -0.351. The van der Waals surface area contributed by atoms with Gasteiger partial charge in [-0.25, -0.2) is 4.79 Å². The van der Waals surface area contributed by atoms with Crippen LogP contribution in [-0.4, -0.2) is 60.2 Å². The van der Waals surface area contributed by atoms with Gasteiger partial charge >= 0.3 is 6.03 Å². The van der Waals surface area contributed by atoms with Crippen LogP contribution in [0.2, 0.25) is 0 Å². The molecule has 0 radical (unpaired) electrons. The molecule has 4 aliphatic rings. The van der Waals surface area contributed by atoms with Crippen LogP contribution in [0.4, 0.5) is 4.79 Å². The molecule has 3 amide bonds. The number of piperidine rings is 2. The molecule has 5 rings (SSSR count). The molecule has 194 valence electrons. The first-order valence-corrected chi connectivity index (χ1v) is 15.7. The van der Waals surface area contributed by atoms with Gasteiger partial charge in [-0.1, -0.05) is 22.0 Å². The molecule has 1 aromatic carbocycles. The molecular weight excluding hydrogens is 699 g/mol. The van der Waals surface area contributed by atoms with Gasteiger partial charge in [0.15, 0.2) is 0 Å². The predicted molar refractivity (Wildman–Crippen MR) is 159 cm³/mol. The van der Waals surface area contributed by atoms with Gasteiger partial charge in [0.05, 0.1) is 6.04 Å². The molecule has 3 heterocycles. The second-order valence-corrected chi connectivity index (χ2v) is 13.7. The molecule has 1 aliphatic carbocycles. The highest BCUT2D eigenvalue weighted by molar-refractivity contribution is 14.1. The third kappa shape index (κ3) is 5.72. The van der Waals surface area contributed by atoms with Crippen LogP contribution in [0, 0.1) is 21.3 Å². The second kappa shape index (κ2) is 11.4. The Labute approximate surface area is 243 Å². The first kappa shape index (κ1) is 26.7. The Morgan fingerprint density at radius 3 is 2.42 bits per heavy atom. The molecule has 9 heteroatoms. The van der Waals surface area contributed by atoms with E-state index in [1.807, 2.05) is 6.21 Å². The zero-order valence-electron chi connectivity index (χ0n) is 20.3. The number of aliphatic imine (C=N–C) groups is 1. The number of aryl methyl sites for hydroxylation is 1. The Morgan fingerprint density at radius 2 is 1.72 bits per heavy atom. The molecule has 0 saturated carbocycles. The van der Waals surface area contributed by atoms with Crippen LogP contribution in [0.15, 0.2) is 32.2 Å². The van der Waals surface area contributed by atoms with E-state index < -0.39 is 0 Å². The third-order valence-electron chi connectivity index (χ3n) is 8.60. The number of amides is 3. The number of primary amides is 1. The molecule has 3 aliphatic heterocycles. The zero-order valence-corrected chi connectivity index (χ0v) is 25.7. The van der Waals surface area contributed by atoms with Crippen LogP contribution in [-0.2, 0) is 11.2 Å². The summed E-state index contributed by atoms with van der Waals surface area (Å²) in [6, 6.07) is 4.49. The smallest absolute Gasteiger partial charge is 0.314 e. The maximum Gasteiger partial charge on any atom is 0.314 e. The average Bonchev–Trinajstić information content (AvgIpc) is 3.01. The summed E-state index contributed by atoms with van der Waals surface area (Å²) in [5.41, 5.74) is 8.30. The Hall–Kier alpha value is -0.940. The van der Waals surface area contributed by atoms with Crippen molar-refractivity contribution in [2.75, 3.05) is 26.2 Å². The Morgan fingerprint density at radius 1 is 1.03 bits per heavy atom. The van der Waals surface area contributed by atoms with E-state index in [4.69, 9.17) is 10.7 Å². The average molecular weight is 732 g/mol. The van der Waals surface area contributed by atoms with Crippen LogP contribution < -0.4 is 5.73 Å². The van der Waals surface area contributed by atoms with Gasteiger partial charge in [0.1, 0.15) is 0 Å². The maximum absolute atomic E-state index is 13.1. The number of urea groups is 1. The summed E-state index contributed by atoms with van der Waals surface area (Å²) in [5, 5.41) is 0. The molecule has 2 N–H and O–H groups in total. The van der Waals surface area contributed by atoms with Gasteiger partial charge in [-0.15, -0.1) is 0 Å². The summed E-state index contributed by atoms with van der Waals surface area (Å²) in [5.74, 6) is 1.89. The van der Waals surface area contributed by atoms with E-state index in [0.29, 0.717) is 43.2 Å². The van der Waals surface area contributed by atoms with Gasteiger partial charge in [0, 0.05) is 63.2 Å². The van der Waals surface area contributed by atoms with Crippen molar-refractivity contribution in [1.82, 2.24) is 9.80 Å². The molecule has 2 unspecified atom stereocenters. The van der Waals surface area contributed by atoms with Gasteiger partial charge in [-0.3, -0.25) is 9.79 Å². The van der Waals surface area contributed by atoms with E-state index in [0.717, 1.165) is 56.1 Å². The lowest BCUT2D eigenvalue weighted by Crippen LogP contribution is -2.44. The van der Waals surface area contributed by atoms with Gasteiger partial charge < -0.3 is 15.5 Å². The number of carbonyl (C=O) groups is 2. The monoisotopic (exact) mass is 730 g/mol. The van der Waals surface area contributed by atoms with Crippen molar-refractivity contribution in [1.29, 1.82) is 0 Å². The van der Waals surface area contributed by atoms with Crippen molar-refractivity contribution in [3.63, 3.8) is 0 Å². The molecule has 36 heavy (non-hydrogen) atoms. The number of hydrogen-bond donors (Lipinski definition) is 1. The van der Waals surface area contributed by atoms with Gasteiger partial charge in [-0.2, -0.15) is 0 Å². The number of fused-ring (bicyclic) bond motifs is 2.